The van der Waals surface area contributed by atoms with Crippen LogP contribution in [0, 0.1) is 17.8 Å². The van der Waals surface area contributed by atoms with E-state index in [2.05, 4.69) is 29.6 Å². The SMILES string of the molecule is CCN(CC)C(=O)c1ccc(/C(=C/C2CCCNC2)C2C3=CC=C[C@H]32)c(O)c1. The number of allylic oxidation sites excluding steroid dienone is 5. The fourth-order valence-electron chi connectivity index (χ4n) is 4.64. The number of carbonyl (C=O) groups excluding carboxylic acids is 1. The second-order valence-electron chi connectivity index (χ2n) is 7.99. The number of rotatable bonds is 6. The van der Waals surface area contributed by atoms with Crippen LogP contribution in [0.4, 0.5) is 0 Å². The number of fused-ring (bicyclic) bond motifs is 1. The van der Waals surface area contributed by atoms with Crippen molar-refractivity contribution in [1.82, 2.24) is 10.2 Å². The summed E-state index contributed by atoms with van der Waals surface area (Å²) in [7, 11) is 0. The van der Waals surface area contributed by atoms with Crippen molar-refractivity contribution in [3.8, 4) is 5.75 Å². The summed E-state index contributed by atoms with van der Waals surface area (Å²) in [4.78, 5) is 14.4. The minimum Gasteiger partial charge on any atom is -0.507 e. The molecule has 4 nitrogen and oxygen atoms in total. The number of phenols is 1. The lowest BCUT2D eigenvalue weighted by Gasteiger charge is -2.22. The maximum Gasteiger partial charge on any atom is 0.253 e. The summed E-state index contributed by atoms with van der Waals surface area (Å²) >= 11 is 0. The van der Waals surface area contributed by atoms with Crippen molar-refractivity contribution in [2.45, 2.75) is 26.7 Å². The number of benzene rings is 1. The van der Waals surface area contributed by atoms with Gasteiger partial charge >= 0.3 is 0 Å². The Morgan fingerprint density at radius 2 is 2.14 bits per heavy atom. The molecule has 1 amide bonds. The van der Waals surface area contributed by atoms with Gasteiger partial charge in [0.25, 0.3) is 5.91 Å². The van der Waals surface area contributed by atoms with Crippen LogP contribution in [0.15, 0.2) is 48.1 Å². The van der Waals surface area contributed by atoms with E-state index < -0.39 is 0 Å². The van der Waals surface area contributed by atoms with Gasteiger partial charge in [0.2, 0.25) is 0 Å². The number of phenolic OH excluding ortho intramolecular Hbond substituents is 1. The zero-order valence-electron chi connectivity index (χ0n) is 16.8. The van der Waals surface area contributed by atoms with E-state index in [1.807, 2.05) is 26.0 Å². The summed E-state index contributed by atoms with van der Waals surface area (Å²) in [5.74, 6) is 1.54. The molecule has 2 unspecified atom stereocenters. The van der Waals surface area contributed by atoms with E-state index in [4.69, 9.17) is 0 Å². The highest BCUT2D eigenvalue weighted by atomic mass is 16.3. The maximum atomic E-state index is 12.6. The van der Waals surface area contributed by atoms with Gasteiger partial charge in [-0.15, -0.1) is 0 Å². The van der Waals surface area contributed by atoms with Crippen molar-refractivity contribution >= 4 is 11.5 Å². The number of hydrogen-bond acceptors (Lipinski definition) is 3. The van der Waals surface area contributed by atoms with Gasteiger partial charge in [0.05, 0.1) is 0 Å². The van der Waals surface area contributed by atoms with Gasteiger partial charge in [-0.1, -0.05) is 35.9 Å². The first kappa shape index (κ1) is 19.0. The zero-order chi connectivity index (χ0) is 19.7. The third kappa shape index (κ3) is 3.53. The minimum atomic E-state index is -0.0252. The highest BCUT2D eigenvalue weighted by molar-refractivity contribution is 5.95. The number of piperidine rings is 1. The van der Waals surface area contributed by atoms with E-state index in [1.54, 1.807) is 11.0 Å². The Hall–Kier alpha value is -2.33. The van der Waals surface area contributed by atoms with Crippen LogP contribution >= 0.6 is 0 Å². The van der Waals surface area contributed by atoms with Crippen molar-refractivity contribution in [3.05, 3.63) is 59.2 Å². The molecule has 2 aliphatic carbocycles. The Morgan fingerprint density at radius 3 is 2.75 bits per heavy atom. The van der Waals surface area contributed by atoms with E-state index in [-0.39, 0.29) is 11.7 Å². The Labute approximate surface area is 167 Å². The molecule has 1 heterocycles. The normalized spacial score (nSPS) is 26.0. The van der Waals surface area contributed by atoms with Crippen molar-refractivity contribution in [1.29, 1.82) is 0 Å². The third-order valence-electron chi connectivity index (χ3n) is 6.29. The molecule has 3 atom stereocenters. The van der Waals surface area contributed by atoms with Crippen LogP contribution in [0.25, 0.3) is 5.57 Å². The molecule has 0 spiro atoms. The topological polar surface area (TPSA) is 52.6 Å². The molecule has 0 bridgehead atoms. The van der Waals surface area contributed by atoms with Gasteiger partial charge in [-0.3, -0.25) is 4.79 Å². The number of nitrogens with one attached hydrogen (secondary N) is 1. The van der Waals surface area contributed by atoms with Crippen molar-refractivity contribution in [2.24, 2.45) is 17.8 Å². The minimum absolute atomic E-state index is 0.0252. The van der Waals surface area contributed by atoms with Crippen LogP contribution in [0.5, 0.6) is 5.75 Å². The molecule has 0 radical (unpaired) electrons. The molecule has 2 N–H and O–H groups in total. The van der Waals surface area contributed by atoms with E-state index in [0.717, 1.165) is 18.7 Å². The molecule has 1 saturated carbocycles. The second kappa shape index (κ2) is 7.96. The monoisotopic (exact) mass is 378 g/mol. The van der Waals surface area contributed by atoms with Gasteiger partial charge in [0, 0.05) is 42.6 Å². The Morgan fingerprint density at radius 1 is 1.32 bits per heavy atom. The van der Waals surface area contributed by atoms with E-state index in [1.165, 1.54) is 24.0 Å². The van der Waals surface area contributed by atoms with Crippen LogP contribution in [-0.4, -0.2) is 42.1 Å². The number of aromatic hydroxyl groups is 1. The summed E-state index contributed by atoms with van der Waals surface area (Å²) in [6, 6.07) is 5.45. The summed E-state index contributed by atoms with van der Waals surface area (Å²) in [6.45, 7) is 7.37. The van der Waals surface area contributed by atoms with Gasteiger partial charge in [-0.2, -0.15) is 0 Å². The van der Waals surface area contributed by atoms with Crippen LogP contribution in [-0.2, 0) is 0 Å². The molecule has 3 aliphatic rings. The Balaban J connectivity index is 1.65. The number of nitrogens with zero attached hydrogens (tertiary/aromatic N) is 1. The molecule has 2 fully saturated rings. The summed E-state index contributed by atoms with van der Waals surface area (Å²) in [5.41, 5.74) is 4.08. The molecular formula is C24H30N2O2. The largest absolute Gasteiger partial charge is 0.507 e. The lowest BCUT2D eigenvalue weighted by molar-refractivity contribution is 0.0772. The van der Waals surface area contributed by atoms with E-state index >= 15 is 0 Å². The van der Waals surface area contributed by atoms with Crippen molar-refractivity contribution in [3.63, 3.8) is 0 Å². The lowest BCUT2D eigenvalue weighted by Crippen LogP contribution is -2.30. The Bertz CT molecular complexity index is 842. The van der Waals surface area contributed by atoms with Crippen molar-refractivity contribution in [2.75, 3.05) is 26.2 Å². The molecule has 148 valence electrons. The molecule has 0 aromatic heterocycles. The maximum absolute atomic E-state index is 12.6. The smallest absolute Gasteiger partial charge is 0.253 e. The molecule has 4 rings (SSSR count). The van der Waals surface area contributed by atoms with Gasteiger partial charge in [0.1, 0.15) is 5.75 Å². The number of amides is 1. The predicted molar refractivity (Wildman–Crippen MR) is 113 cm³/mol. The quantitative estimate of drug-likeness (QED) is 0.787. The summed E-state index contributed by atoms with van der Waals surface area (Å²) < 4.78 is 0. The van der Waals surface area contributed by atoms with Gasteiger partial charge in [0.15, 0.2) is 0 Å². The van der Waals surface area contributed by atoms with Crippen LogP contribution < -0.4 is 5.32 Å². The van der Waals surface area contributed by atoms with E-state index in [9.17, 15) is 9.90 Å². The van der Waals surface area contributed by atoms with Gasteiger partial charge < -0.3 is 15.3 Å². The summed E-state index contributed by atoms with van der Waals surface area (Å²) in [5, 5.41) is 14.3. The first-order valence-electron chi connectivity index (χ1n) is 10.6. The van der Waals surface area contributed by atoms with Gasteiger partial charge in [-0.05, 0) is 56.9 Å². The summed E-state index contributed by atoms with van der Waals surface area (Å²) in [6.07, 6.45) is 11.3. The highest BCUT2D eigenvalue weighted by Crippen LogP contribution is 2.57. The third-order valence-corrected chi connectivity index (χ3v) is 6.29. The first-order valence-corrected chi connectivity index (χ1v) is 10.6. The van der Waals surface area contributed by atoms with Crippen LogP contribution in [0.2, 0.25) is 0 Å². The fourth-order valence-corrected chi connectivity index (χ4v) is 4.64. The number of hydrogen-bond donors (Lipinski definition) is 2. The predicted octanol–water partition coefficient (Wildman–Crippen LogP) is 4.00. The average Bonchev–Trinajstić information content (AvgIpc) is 3.17. The standard InChI is InChI=1S/C24H30N2O2/c1-3-26(4-2)24(28)17-10-11-18(22(27)14-17)21(13-16-7-6-12-25-15-16)23-19-8-5-9-20(19)23/h5,8-11,13-14,16,19,23,25,27H,3-4,6-7,12,15H2,1-2H3/b21-13-/t16?,19-,23?/m1/s1. The Kier molecular flexibility index (Phi) is 5.40. The molecule has 1 aromatic rings. The van der Waals surface area contributed by atoms with Crippen LogP contribution in [0.3, 0.4) is 0 Å². The molecule has 4 heteroatoms. The van der Waals surface area contributed by atoms with Crippen molar-refractivity contribution < 1.29 is 9.90 Å². The zero-order valence-corrected chi connectivity index (χ0v) is 16.8. The second-order valence-corrected chi connectivity index (χ2v) is 7.99. The molecule has 1 aromatic carbocycles. The molecular weight excluding hydrogens is 348 g/mol. The molecule has 28 heavy (non-hydrogen) atoms. The molecule has 1 saturated heterocycles. The van der Waals surface area contributed by atoms with Gasteiger partial charge in [-0.25, -0.2) is 0 Å². The molecule has 1 aliphatic heterocycles. The highest BCUT2D eigenvalue weighted by Gasteiger charge is 2.46. The number of carbonyl (C=O) groups is 1. The lowest BCUT2D eigenvalue weighted by atomic mass is 9.90. The fraction of sp³-hybridized carbons (Fsp3) is 0.458. The van der Waals surface area contributed by atoms with E-state index in [0.29, 0.717) is 36.4 Å². The first-order chi connectivity index (χ1) is 13.6. The van der Waals surface area contributed by atoms with Crippen LogP contribution in [0.1, 0.15) is 42.6 Å². The average molecular weight is 379 g/mol.